The fourth-order valence-electron chi connectivity index (χ4n) is 4.39. The molecule has 1 saturated heterocycles. The SMILES string of the molecule is Fc1ccc(CN(CC2CCCCC2)C2CCNCC2)c(C(F)(F)F)c1. The van der Waals surface area contributed by atoms with Crippen LogP contribution in [0.25, 0.3) is 0 Å². The molecule has 1 heterocycles. The van der Waals surface area contributed by atoms with Crippen LogP contribution in [0.15, 0.2) is 18.2 Å². The largest absolute Gasteiger partial charge is 0.416 e. The van der Waals surface area contributed by atoms with E-state index in [9.17, 15) is 17.6 Å². The molecule has 1 aliphatic heterocycles. The number of hydrogen-bond donors (Lipinski definition) is 1. The molecule has 1 aromatic carbocycles. The van der Waals surface area contributed by atoms with Crippen molar-refractivity contribution in [2.75, 3.05) is 19.6 Å². The molecule has 0 spiro atoms. The number of alkyl halides is 3. The molecule has 0 atom stereocenters. The van der Waals surface area contributed by atoms with Crippen molar-refractivity contribution in [3.05, 3.63) is 35.1 Å². The number of nitrogens with one attached hydrogen (secondary N) is 1. The molecule has 0 radical (unpaired) electrons. The molecular formula is C20H28F4N2. The quantitative estimate of drug-likeness (QED) is 0.734. The van der Waals surface area contributed by atoms with Gasteiger partial charge in [-0.3, -0.25) is 4.90 Å². The normalized spacial score (nSPS) is 20.7. The molecule has 0 amide bonds. The molecule has 0 bridgehead atoms. The van der Waals surface area contributed by atoms with E-state index < -0.39 is 17.6 Å². The standard InChI is InChI=1S/C20H28F4N2/c21-17-7-6-16(19(12-17)20(22,23)24)14-26(18-8-10-25-11-9-18)13-15-4-2-1-3-5-15/h6-7,12,15,18,25H,1-5,8-11,13-14H2. The van der Waals surface area contributed by atoms with Crippen LogP contribution < -0.4 is 5.32 Å². The van der Waals surface area contributed by atoms with Gasteiger partial charge in [-0.05, 0) is 62.4 Å². The Balaban J connectivity index is 1.80. The van der Waals surface area contributed by atoms with Crippen molar-refractivity contribution in [1.29, 1.82) is 0 Å². The Morgan fingerprint density at radius 1 is 1.00 bits per heavy atom. The lowest BCUT2D eigenvalue weighted by atomic mass is 9.88. The van der Waals surface area contributed by atoms with Crippen molar-refractivity contribution in [1.82, 2.24) is 10.2 Å². The number of rotatable bonds is 5. The van der Waals surface area contributed by atoms with Crippen molar-refractivity contribution in [2.45, 2.75) is 63.7 Å². The first-order valence-electron chi connectivity index (χ1n) is 9.74. The second kappa shape index (κ2) is 8.70. The van der Waals surface area contributed by atoms with Gasteiger partial charge in [0.05, 0.1) is 5.56 Å². The van der Waals surface area contributed by atoms with Gasteiger partial charge in [0.1, 0.15) is 5.82 Å². The smallest absolute Gasteiger partial charge is 0.317 e. The van der Waals surface area contributed by atoms with Gasteiger partial charge in [0, 0.05) is 19.1 Å². The van der Waals surface area contributed by atoms with Crippen LogP contribution in [0, 0.1) is 11.7 Å². The van der Waals surface area contributed by atoms with E-state index in [2.05, 4.69) is 10.2 Å². The molecule has 1 aliphatic carbocycles. The summed E-state index contributed by atoms with van der Waals surface area (Å²) in [5.41, 5.74) is -0.645. The molecular weight excluding hydrogens is 344 g/mol. The highest BCUT2D eigenvalue weighted by molar-refractivity contribution is 5.30. The van der Waals surface area contributed by atoms with E-state index in [1.54, 1.807) is 0 Å². The summed E-state index contributed by atoms with van der Waals surface area (Å²) in [6.45, 7) is 2.90. The van der Waals surface area contributed by atoms with Crippen molar-refractivity contribution in [3.8, 4) is 0 Å². The first kappa shape index (κ1) is 19.6. The fraction of sp³-hybridized carbons (Fsp3) is 0.700. The van der Waals surface area contributed by atoms with E-state index in [0.29, 0.717) is 18.0 Å². The van der Waals surface area contributed by atoms with E-state index in [4.69, 9.17) is 0 Å². The van der Waals surface area contributed by atoms with Crippen LogP contribution in [0.3, 0.4) is 0 Å². The van der Waals surface area contributed by atoms with Crippen LogP contribution in [-0.4, -0.2) is 30.6 Å². The minimum atomic E-state index is -4.53. The van der Waals surface area contributed by atoms with Crippen LogP contribution in [0.1, 0.15) is 56.1 Å². The molecule has 2 nitrogen and oxygen atoms in total. The van der Waals surface area contributed by atoms with E-state index in [-0.39, 0.29) is 12.1 Å². The van der Waals surface area contributed by atoms with E-state index in [1.165, 1.54) is 25.3 Å². The minimum absolute atomic E-state index is 0.188. The molecule has 1 saturated carbocycles. The van der Waals surface area contributed by atoms with Crippen molar-refractivity contribution in [2.24, 2.45) is 5.92 Å². The van der Waals surface area contributed by atoms with E-state index >= 15 is 0 Å². The van der Waals surface area contributed by atoms with Crippen LogP contribution >= 0.6 is 0 Å². The molecule has 2 fully saturated rings. The highest BCUT2D eigenvalue weighted by Gasteiger charge is 2.35. The summed E-state index contributed by atoms with van der Waals surface area (Å²) >= 11 is 0. The Morgan fingerprint density at radius 3 is 2.35 bits per heavy atom. The van der Waals surface area contributed by atoms with E-state index in [0.717, 1.165) is 51.4 Å². The lowest BCUT2D eigenvalue weighted by molar-refractivity contribution is -0.138. The third kappa shape index (κ3) is 5.19. The third-order valence-corrected chi connectivity index (χ3v) is 5.79. The molecule has 2 aliphatic rings. The zero-order valence-corrected chi connectivity index (χ0v) is 15.1. The number of hydrogen-bond acceptors (Lipinski definition) is 2. The zero-order chi connectivity index (χ0) is 18.6. The third-order valence-electron chi connectivity index (χ3n) is 5.79. The van der Waals surface area contributed by atoms with Gasteiger partial charge in [-0.15, -0.1) is 0 Å². The predicted octanol–water partition coefficient (Wildman–Crippen LogP) is 4.98. The first-order chi connectivity index (χ1) is 12.4. The lowest BCUT2D eigenvalue weighted by Crippen LogP contribution is -2.45. The average Bonchev–Trinajstić information content (AvgIpc) is 2.63. The number of piperidine rings is 1. The monoisotopic (exact) mass is 372 g/mol. The molecule has 0 aromatic heterocycles. The summed E-state index contributed by atoms with van der Waals surface area (Å²) in [7, 11) is 0. The molecule has 26 heavy (non-hydrogen) atoms. The van der Waals surface area contributed by atoms with Gasteiger partial charge in [-0.25, -0.2) is 4.39 Å². The van der Waals surface area contributed by atoms with Gasteiger partial charge in [-0.1, -0.05) is 25.3 Å². The zero-order valence-electron chi connectivity index (χ0n) is 15.1. The number of nitrogens with zero attached hydrogens (tertiary/aromatic N) is 1. The summed E-state index contributed by atoms with van der Waals surface area (Å²) in [5, 5.41) is 3.32. The maximum absolute atomic E-state index is 13.4. The summed E-state index contributed by atoms with van der Waals surface area (Å²) in [6.07, 6.45) is 3.41. The first-order valence-corrected chi connectivity index (χ1v) is 9.74. The van der Waals surface area contributed by atoms with Gasteiger partial charge < -0.3 is 5.32 Å². The highest BCUT2D eigenvalue weighted by Crippen LogP contribution is 2.34. The van der Waals surface area contributed by atoms with Crippen LogP contribution in [-0.2, 0) is 12.7 Å². The Hall–Kier alpha value is -1.14. The highest BCUT2D eigenvalue weighted by atomic mass is 19.4. The van der Waals surface area contributed by atoms with Gasteiger partial charge in [0.2, 0.25) is 0 Å². The van der Waals surface area contributed by atoms with Crippen LogP contribution in [0.4, 0.5) is 17.6 Å². The summed E-state index contributed by atoms with van der Waals surface area (Å²) in [6, 6.07) is 3.39. The van der Waals surface area contributed by atoms with Crippen LogP contribution in [0.2, 0.25) is 0 Å². The molecule has 146 valence electrons. The lowest BCUT2D eigenvalue weighted by Gasteiger charge is -2.38. The minimum Gasteiger partial charge on any atom is -0.317 e. The van der Waals surface area contributed by atoms with Crippen molar-refractivity contribution in [3.63, 3.8) is 0 Å². The molecule has 6 heteroatoms. The van der Waals surface area contributed by atoms with Crippen LogP contribution in [0.5, 0.6) is 0 Å². The number of halogens is 4. The molecule has 0 unspecified atom stereocenters. The second-order valence-corrected chi connectivity index (χ2v) is 7.71. The Bertz CT molecular complexity index is 576. The summed E-state index contributed by atoms with van der Waals surface area (Å²) in [4.78, 5) is 2.24. The van der Waals surface area contributed by atoms with Crippen molar-refractivity contribution >= 4 is 0 Å². The average molecular weight is 372 g/mol. The summed E-state index contributed by atoms with van der Waals surface area (Å²) in [5.74, 6) is -0.268. The molecule has 3 rings (SSSR count). The topological polar surface area (TPSA) is 15.3 Å². The van der Waals surface area contributed by atoms with Gasteiger partial charge in [0.15, 0.2) is 0 Å². The van der Waals surface area contributed by atoms with E-state index in [1.807, 2.05) is 0 Å². The fourth-order valence-corrected chi connectivity index (χ4v) is 4.39. The Morgan fingerprint density at radius 2 is 1.69 bits per heavy atom. The number of benzene rings is 1. The van der Waals surface area contributed by atoms with Gasteiger partial charge in [0.25, 0.3) is 0 Å². The maximum atomic E-state index is 13.4. The Kier molecular flexibility index (Phi) is 6.56. The summed E-state index contributed by atoms with van der Waals surface area (Å²) < 4.78 is 53.6. The molecule has 1 aromatic rings. The van der Waals surface area contributed by atoms with Gasteiger partial charge in [-0.2, -0.15) is 13.2 Å². The second-order valence-electron chi connectivity index (χ2n) is 7.71. The maximum Gasteiger partial charge on any atom is 0.416 e. The molecule has 1 N–H and O–H groups in total. The predicted molar refractivity (Wildman–Crippen MR) is 94.3 cm³/mol. The van der Waals surface area contributed by atoms with Gasteiger partial charge >= 0.3 is 6.18 Å². The Labute approximate surface area is 153 Å². The van der Waals surface area contributed by atoms with Crippen molar-refractivity contribution < 1.29 is 17.6 Å².